The van der Waals surface area contributed by atoms with Gasteiger partial charge >= 0.3 is 0 Å². The Labute approximate surface area is 151 Å². The predicted molar refractivity (Wildman–Crippen MR) is 104 cm³/mol. The number of rotatable bonds is 5. The molecule has 0 aliphatic carbocycles. The summed E-state index contributed by atoms with van der Waals surface area (Å²) in [5.74, 6) is 0. The van der Waals surface area contributed by atoms with E-state index in [4.69, 9.17) is 0 Å². The van der Waals surface area contributed by atoms with Crippen LogP contribution in [-0.2, 0) is 13.0 Å². The molecule has 130 valence electrons. The molecule has 0 fully saturated rings. The minimum Gasteiger partial charge on any atom is -0.379 e. The van der Waals surface area contributed by atoms with E-state index in [1.54, 1.807) is 6.07 Å². The van der Waals surface area contributed by atoms with E-state index in [0.717, 1.165) is 29.1 Å². The molecule has 0 radical (unpaired) electrons. The highest BCUT2D eigenvalue weighted by Crippen LogP contribution is 2.18. The van der Waals surface area contributed by atoms with Crippen LogP contribution in [0.1, 0.15) is 18.2 Å². The molecule has 0 spiro atoms. The molecule has 4 aromatic rings. The van der Waals surface area contributed by atoms with E-state index in [1.165, 1.54) is 10.1 Å². The highest BCUT2D eigenvalue weighted by molar-refractivity contribution is 5.63. The van der Waals surface area contributed by atoms with Crippen molar-refractivity contribution in [1.82, 2.24) is 14.6 Å². The lowest BCUT2D eigenvalue weighted by Crippen LogP contribution is -2.16. The summed E-state index contributed by atoms with van der Waals surface area (Å²) in [6.07, 6.45) is 1.02. The van der Waals surface area contributed by atoms with Gasteiger partial charge in [0.25, 0.3) is 5.56 Å². The molecule has 0 aliphatic rings. The third-order valence-corrected chi connectivity index (χ3v) is 4.42. The molecule has 0 atom stereocenters. The van der Waals surface area contributed by atoms with Crippen molar-refractivity contribution in [3.8, 4) is 11.3 Å². The summed E-state index contributed by atoms with van der Waals surface area (Å²) in [6.45, 7) is 2.68. The van der Waals surface area contributed by atoms with Gasteiger partial charge in [-0.1, -0.05) is 49.4 Å². The molecule has 5 heteroatoms. The zero-order valence-electron chi connectivity index (χ0n) is 14.6. The Hall–Kier alpha value is -3.34. The first-order valence-corrected chi connectivity index (χ1v) is 8.73. The normalized spacial score (nSPS) is 11.0. The highest BCUT2D eigenvalue weighted by Gasteiger charge is 2.08. The third kappa shape index (κ3) is 3.24. The maximum absolute atomic E-state index is 12.4. The summed E-state index contributed by atoms with van der Waals surface area (Å²) in [5.41, 5.74) is 5.47. The van der Waals surface area contributed by atoms with Gasteiger partial charge in [0.15, 0.2) is 0 Å². The van der Waals surface area contributed by atoms with E-state index in [1.807, 2.05) is 36.4 Å². The van der Waals surface area contributed by atoms with Gasteiger partial charge in [0.2, 0.25) is 0 Å². The SMILES string of the molecule is CCc1ccc(NCc2cc(=O)n3nc(-c4ccccc4)cc3[nH]2)cc1. The van der Waals surface area contributed by atoms with E-state index in [2.05, 4.69) is 46.6 Å². The van der Waals surface area contributed by atoms with Gasteiger partial charge in [0, 0.05) is 29.1 Å². The molecule has 2 aromatic carbocycles. The van der Waals surface area contributed by atoms with Gasteiger partial charge in [0.05, 0.1) is 12.2 Å². The van der Waals surface area contributed by atoms with Gasteiger partial charge < -0.3 is 10.3 Å². The molecule has 0 bridgehead atoms. The van der Waals surface area contributed by atoms with Crippen molar-refractivity contribution in [2.45, 2.75) is 19.9 Å². The summed E-state index contributed by atoms with van der Waals surface area (Å²) in [4.78, 5) is 15.7. The monoisotopic (exact) mass is 344 g/mol. The lowest BCUT2D eigenvalue weighted by atomic mass is 10.1. The highest BCUT2D eigenvalue weighted by atomic mass is 16.1. The van der Waals surface area contributed by atoms with Crippen LogP contribution in [0.25, 0.3) is 16.9 Å². The number of aromatic nitrogens is 3. The van der Waals surface area contributed by atoms with Gasteiger partial charge in [-0.3, -0.25) is 4.79 Å². The Balaban J connectivity index is 1.59. The first kappa shape index (κ1) is 16.1. The van der Waals surface area contributed by atoms with Gasteiger partial charge in [-0.05, 0) is 24.1 Å². The average Bonchev–Trinajstić information content (AvgIpc) is 3.12. The minimum atomic E-state index is -0.140. The fourth-order valence-corrected chi connectivity index (χ4v) is 2.95. The summed E-state index contributed by atoms with van der Waals surface area (Å²) >= 11 is 0. The maximum Gasteiger partial charge on any atom is 0.274 e. The molecule has 0 amide bonds. The Morgan fingerprint density at radius 3 is 2.54 bits per heavy atom. The summed E-state index contributed by atoms with van der Waals surface area (Å²) in [5, 5.41) is 7.76. The largest absolute Gasteiger partial charge is 0.379 e. The molecular formula is C21H20N4O. The number of nitrogens with one attached hydrogen (secondary N) is 2. The van der Waals surface area contributed by atoms with Crippen LogP contribution < -0.4 is 10.9 Å². The second kappa shape index (κ2) is 6.88. The van der Waals surface area contributed by atoms with Gasteiger partial charge in [-0.25, -0.2) is 0 Å². The van der Waals surface area contributed by atoms with E-state index < -0.39 is 0 Å². The fourth-order valence-electron chi connectivity index (χ4n) is 2.95. The summed E-state index contributed by atoms with van der Waals surface area (Å²) in [6, 6.07) is 21.7. The molecule has 0 unspecified atom stereocenters. The molecule has 2 N–H and O–H groups in total. The third-order valence-electron chi connectivity index (χ3n) is 4.42. The molecule has 0 saturated carbocycles. The Kier molecular flexibility index (Phi) is 4.27. The van der Waals surface area contributed by atoms with Crippen LogP contribution in [0.5, 0.6) is 0 Å². The van der Waals surface area contributed by atoms with E-state index in [9.17, 15) is 4.79 Å². The number of nitrogens with zero attached hydrogens (tertiary/aromatic N) is 2. The van der Waals surface area contributed by atoms with E-state index in [0.29, 0.717) is 12.2 Å². The lowest BCUT2D eigenvalue weighted by molar-refractivity contribution is 0.880. The van der Waals surface area contributed by atoms with Crippen LogP contribution >= 0.6 is 0 Å². The van der Waals surface area contributed by atoms with E-state index in [-0.39, 0.29) is 5.56 Å². The number of hydrogen-bond acceptors (Lipinski definition) is 3. The second-order valence-corrected chi connectivity index (χ2v) is 6.23. The van der Waals surface area contributed by atoms with Crippen LogP contribution in [0, 0.1) is 0 Å². The summed E-state index contributed by atoms with van der Waals surface area (Å²) < 4.78 is 1.40. The van der Waals surface area contributed by atoms with E-state index >= 15 is 0 Å². The number of benzene rings is 2. The lowest BCUT2D eigenvalue weighted by Gasteiger charge is -2.07. The second-order valence-electron chi connectivity index (χ2n) is 6.23. The van der Waals surface area contributed by atoms with Crippen LogP contribution in [-0.4, -0.2) is 14.6 Å². The topological polar surface area (TPSA) is 62.2 Å². The van der Waals surface area contributed by atoms with Crippen molar-refractivity contribution in [3.05, 3.63) is 88.3 Å². The smallest absolute Gasteiger partial charge is 0.274 e. The standard InChI is InChI=1S/C21H20N4O/c1-2-15-8-10-17(11-9-15)22-14-18-12-21(26)25-20(23-18)13-19(24-25)16-6-4-3-5-7-16/h3-13,22-23H,2,14H2,1H3. The number of H-pyrrole nitrogens is 1. The molecule has 26 heavy (non-hydrogen) atoms. The molecule has 0 aliphatic heterocycles. The first-order chi connectivity index (χ1) is 12.7. The molecule has 0 saturated heterocycles. The quantitative estimate of drug-likeness (QED) is 0.578. The zero-order valence-corrected chi connectivity index (χ0v) is 14.6. The predicted octanol–water partition coefficient (Wildman–Crippen LogP) is 3.86. The summed E-state index contributed by atoms with van der Waals surface area (Å²) in [7, 11) is 0. The first-order valence-electron chi connectivity index (χ1n) is 8.73. The van der Waals surface area contributed by atoms with Gasteiger partial charge in [0.1, 0.15) is 5.65 Å². The molecular weight excluding hydrogens is 324 g/mol. The maximum atomic E-state index is 12.4. The minimum absolute atomic E-state index is 0.140. The molecule has 5 nitrogen and oxygen atoms in total. The van der Waals surface area contributed by atoms with Crippen molar-refractivity contribution < 1.29 is 0 Å². The van der Waals surface area contributed by atoms with Crippen LogP contribution in [0.2, 0.25) is 0 Å². The fraction of sp³-hybridized carbons (Fsp3) is 0.143. The number of fused-ring (bicyclic) bond motifs is 1. The van der Waals surface area contributed by atoms with Crippen LogP contribution in [0.3, 0.4) is 0 Å². The van der Waals surface area contributed by atoms with Gasteiger partial charge in [-0.2, -0.15) is 9.61 Å². The molecule has 4 rings (SSSR count). The van der Waals surface area contributed by atoms with Crippen LogP contribution in [0.4, 0.5) is 5.69 Å². The number of hydrogen-bond donors (Lipinski definition) is 2. The molecule has 2 heterocycles. The van der Waals surface area contributed by atoms with Crippen LogP contribution in [0.15, 0.2) is 71.5 Å². The van der Waals surface area contributed by atoms with Crippen molar-refractivity contribution in [3.63, 3.8) is 0 Å². The zero-order chi connectivity index (χ0) is 17.9. The molecule has 2 aromatic heterocycles. The van der Waals surface area contributed by atoms with Crippen molar-refractivity contribution in [2.24, 2.45) is 0 Å². The number of aryl methyl sites for hydroxylation is 1. The Bertz CT molecular complexity index is 1080. The average molecular weight is 344 g/mol. The van der Waals surface area contributed by atoms with Crippen molar-refractivity contribution >= 4 is 11.3 Å². The number of anilines is 1. The van der Waals surface area contributed by atoms with Gasteiger partial charge in [-0.15, -0.1) is 0 Å². The Morgan fingerprint density at radius 1 is 1.04 bits per heavy atom. The number of aromatic amines is 1. The van der Waals surface area contributed by atoms with Crippen molar-refractivity contribution in [1.29, 1.82) is 0 Å². The van der Waals surface area contributed by atoms with Crippen molar-refractivity contribution in [2.75, 3.05) is 5.32 Å². The Morgan fingerprint density at radius 2 is 1.81 bits per heavy atom.